The molecule has 4 heteroatoms. The SMILES string of the molecule is N#CC(C#N)=C(CBr)c1ccc(Br)cc1. The van der Waals surface area contributed by atoms with Gasteiger partial charge in [0, 0.05) is 9.80 Å². The van der Waals surface area contributed by atoms with Gasteiger partial charge in [-0.15, -0.1) is 0 Å². The molecule has 1 aromatic rings. The van der Waals surface area contributed by atoms with Crippen LogP contribution in [0.1, 0.15) is 5.56 Å². The van der Waals surface area contributed by atoms with E-state index in [1.807, 2.05) is 36.4 Å². The summed E-state index contributed by atoms with van der Waals surface area (Å²) < 4.78 is 0.968. The van der Waals surface area contributed by atoms with Crippen LogP contribution >= 0.6 is 31.9 Å². The van der Waals surface area contributed by atoms with Crippen LogP contribution in [0.15, 0.2) is 34.3 Å². The molecular formula is C11H6Br2N2. The van der Waals surface area contributed by atoms with E-state index in [1.54, 1.807) is 0 Å². The lowest BCUT2D eigenvalue weighted by Crippen LogP contribution is -1.90. The molecule has 0 spiro atoms. The molecule has 0 unspecified atom stereocenters. The van der Waals surface area contributed by atoms with Gasteiger partial charge in [0.25, 0.3) is 0 Å². The van der Waals surface area contributed by atoms with Crippen LogP contribution in [0.3, 0.4) is 0 Å². The average Bonchev–Trinajstić information content (AvgIpc) is 2.27. The fraction of sp³-hybridized carbons (Fsp3) is 0.0909. The zero-order chi connectivity index (χ0) is 11.3. The molecule has 0 aliphatic carbocycles. The highest BCUT2D eigenvalue weighted by Crippen LogP contribution is 2.22. The molecule has 0 bridgehead atoms. The molecule has 0 heterocycles. The quantitative estimate of drug-likeness (QED) is 0.615. The minimum atomic E-state index is 0.147. The first-order valence-corrected chi connectivity index (χ1v) is 5.99. The molecule has 2 nitrogen and oxygen atoms in total. The summed E-state index contributed by atoms with van der Waals surface area (Å²) in [6.45, 7) is 0. The summed E-state index contributed by atoms with van der Waals surface area (Å²) in [5.74, 6) is 0. The number of halogens is 2. The van der Waals surface area contributed by atoms with Gasteiger partial charge in [0.2, 0.25) is 0 Å². The van der Waals surface area contributed by atoms with Crippen LogP contribution < -0.4 is 0 Å². The highest BCUT2D eigenvalue weighted by molar-refractivity contribution is 9.10. The third kappa shape index (κ3) is 2.92. The monoisotopic (exact) mass is 324 g/mol. The highest BCUT2D eigenvalue weighted by Gasteiger charge is 2.07. The van der Waals surface area contributed by atoms with E-state index in [2.05, 4.69) is 31.9 Å². The highest BCUT2D eigenvalue weighted by atomic mass is 79.9. The van der Waals surface area contributed by atoms with E-state index >= 15 is 0 Å². The topological polar surface area (TPSA) is 47.6 Å². The van der Waals surface area contributed by atoms with E-state index in [0.717, 1.165) is 10.0 Å². The minimum absolute atomic E-state index is 0.147. The van der Waals surface area contributed by atoms with Crippen molar-refractivity contribution in [1.29, 1.82) is 10.5 Å². The lowest BCUT2D eigenvalue weighted by molar-refractivity contribution is 1.44. The maximum Gasteiger partial charge on any atom is 0.134 e. The van der Waals surface area contributed by atoms with Crippen LogP contribution in [0.5, 0.6) is 0 Å². The van der Waals surface area contributed by atoms with Gasteiger partial charge in [0.1, 0.15) is 17.7 Å². The molecule has 1 rings (SSSR count). The number of hydrogen-bond acceptors (Lipinski definition) is 2. The Balaban J connectivity index is 3.27. The molecule has 0 aromatic heterocycles. The first-order chi connectivity index (χ1) is 7.22. The van der Waals surface area contributed by atoms with Crippen molar-refractivity contribution in [3.63, 3.8) is 0 Å². The number of allylic oxidation sites excluding steroid dienone is 2. The summed E-state index contributed by atoms with van der Waals surface area (Å²) >= 11 is 6.61. The zero-order valence-corrected chi connectivity index (χ0v) is 10.8. The molecule has 0 N–H and O–H groups in total. The van der Waals surface area contributed by atoms with Crippen molar-refractivity contribution < 1.29 is 0 Å². The van der Waals surface area contributed by atoms with Gasteiger partial charge in [-0.1, -0.05) is 44.0 Å². The van der Waals surface area contributed by atoms with Crippen molar-refractivity contribution >= 4 is 37.4 Å². The number of hydrogen-bond donors (Lipinski definition) is 0. The van der Waals surface area contributed by atoms with Crippen molar-refractivity contribution in [1.82, 2.24) is 0 Å². The van der Waals surface area contributed by atoms with Crippen LogP contribution in [0.25, 0.3) is 5.57 Å². The second kappa shape index (κ2) is 5.70. The molecule has 0 saturated carbocycles. The normalized spacial score (nSPS) is 8.80. The fourth-order valence-electron chi connectivity index (χ4n) is 1.10. The number of nitriles is 2. The number of benzene rings is 1. The molecule has 0 saturated heterocycles. The van der Waals surface area contributed by atoms with Gasteiger partial charge >= 0.3 is 0 Å². The zero-order valence-electron chi connectivity index (χ0n) is 7.67. The molecule has 0 atom stereocenters. The molecule has 0 fully saturated rings. The Labute approximate surface area is 105 Å². The van der Waals surface area contributed by atoms with E-state index in [9.17, 15) is 0 Å². The van der Waals surface area contributed by atoms with Crippen molar-refractivity contribution in [3.8, 4) is 12.1 Å². The molecule has 0 aliphatic rings. The number of rotatable bonds is 2. The second-order valence-corrected chi connectivity index (χ2v) is 4.19. The van der Waals surface area contributed by atoms with Crippen LogP contribution in [0.2, 0.25) is 0 Å². The van der Waals surface area contributed by atoms with Crippen LogP contribution in [-0.4, -0.2) is 5.33 Å². The lowest BCUT2D eigenvalue weighted by atomic mass is 10.0. The van der Waals surface area contributed by atoms with E-state index in [-0.39, 0.29) is 5.57 Å². The van der Waals surface area contributed by atoms with Gasteiger partial charge in [0.15, 0.2) is 0 Å². The predicted octanol–water partition coefficient (Wildman–Crippen LogP) is 3.64. The van der Waals surface area contributed by atoms with Crippen LogP contribution in [-0.2, 0) is 0 Å². The third-order valence-corrected chi connectivity index (χ3v) is 2.94. The second-order valence-electron chi connectivity index (χ2n) is 2.72. The van der Waals surface area contributed by atoms with Crippen molar-refractivity contribution in [2.75, 3.05) is 5.33 Å². The Hall–Kier alpha value is -1.10. The summed E-state index contributed by atoms with van der Waals surface area (Å²) in [5, 5.41) is 18.1. The standard InChI is InChI=1S/C11H6Br2N2/c12-5-11(9(6-14)7-15)8-1-3-10(13)4-2-8/h1-4H,5H2. The Morgan fingerprint density at radius 1 is 1.13 bits per heavy atom. The maximum absolute atomic E-state index is 8.78. The number of alkyl halides is 1. The Bertz CT molecular complexity index is 445. The van der Waals surface area contributed by atoms with E-state index in [0.29, 0.717) is 10.9 Å². The van der Waals surface area contributed by atoms with Gasteiger partial charge < -0.3 is 0 Å². The first kappa shape index (κ1) is 12.0. The molecule has 74 valence electrons. The predicted molar refractivity (Wildman–Crippen MR) is 66.1 cm³/mol. The van der Waals surface area contributed by atoms with E-state index in [1.165, 1.54) is 0 Å². The number of nitrogens with zero attached hydrogens (tertiary/aromatic N) is 2. The summed E-state index contributed by atoms with van der Waals surface area (Å²) in [7, 11) is 0. The van der Waals surface area contributed by atoms with Crippen LogP contribution in [0, 0.1) is 22.7 Å². The van der Waals surface area contributed by atoms with Crippen LogP contribution in [0.4, 0.5) is 0 Å². The van der Waals surface area contributed by atoms with E-state index < -0.39 is 0 Å². The molecule has 15 heavy (non-hydrogen) atoms. The van der Waals surface area contributed by atoms with Crippen molar-refractivity contribution in [2.45, 2.75) is 0 Å². The van der Waals surface area contributed by atoms with Gasteiger partial charge in [-0.2, -0.15) is 10.5 Å². The molecule has 0 radical (unpaired) electrons. The largest absolute Gasteiger partial charge is 0.192 e. The Kier molecular flexibility index (Phi) is 4.55. The average molecular weight is 326 g/mol. The first-order valence-electron chi connectivity index (χ1n) is 4.08. The maximum atomic E-state index is 8.78. The van der Waals surface area contributed by atoms with Gasteiger partial charge in [0.05, 0.1) is 0 Å². The summed E-state index contributed by atoms with van der Waals surface area (Å²) in [6.07, 6.45) is 0. The minimum Gasteiger partial charge on any atom is -0.192 e. The van der Waals surface area contributed by atoms with Gasteiger partial charge in [-0.25, -0.2) is 0 Å². The van der Waals surface area contributed by atoms with Crippen molar-refractivity contribution in [2.24, 2.45) is 0 Å². The molecular weight excluding hydrogens is 320 g/mol. The summed E-state index contributed by atoms with van der Waals surface area (Å²) in [5.41, 5.74) is 1.75. The van der Waals surface area contributed by atoms with Gasteiger partial charge in [-0.05, 0) is 23.3 Å². The summed E-state index contributed by atoms with van der Waals surface area (Å²) in [4.78, 5) is 0. The fourth-order valence-corrected chi connectivity index (χ4v) is 1.97. The Morgan fingerprint density at radius 3 is 2.07 bits per heavy atom. The molecule has 1 aromatic carbocycles. The lowest BCUT2D eigenvalue weighted by Gasteiger charge is -2.03. The van der Waals surface area contributed by atoms with Crippen molar-refractivity contribution in [3.05, 3.63) is 39.9 Å². The Morgan fingerprint density at radius 2 is 1.67 bits per heavy atom. The van der Waals surface area contributed by atoms with E-state index in [4.69, 9.17) is 10.5 Å². The van der Waals surface area contributed by atoms with Gasteiger partial charge in [-0.3, -0.25) is 0 Å². The molecule has 0 aliphatic heterocycles. The summed E-state index contributed by atoms with van der Waals surface area (Å²) in [6, 6.07) is 11.3. The third-order valence-electron chi connectivity index (χ3n) is 1.85. The molecule has 0 amide bonds. The smallest absolute Gasteiger partial charge is 0.134 e.